The minimum absolute atomic E-state index is 0.143. The van der Waals surface area contributed by atoms with Crippen molar-refractivity contribution >= 4 is 22.4 Å². The standard InChI is InChI=1S/C22H21F3N4O3S/c1-2-31-20(30)15-11-14(12-26-13-15)19-27-28-21(33-19)29-9-7-16(8-10-29)32-18-6-4-3-5-17(18)22(23,24)25/h3-6,11-13,16H,2,7-10H2,1H3. The van der Waals surface area contributed by atoms with Crippen molar-refractivity contribution < 1.29 is 27.4 Å². The first kappa shape index (κ1) is 23.0. The van der Waals surface area contributed by atoms with Crippen molar-refractivity contribution in [2.75, 3.05) is 24.6 Å². The van der Waals surface area contributed by atoms with Crippen LogP contribution in [0.2, 0.25) is 0 Å². The van der Waals surface area contributed by atoms with Crippen molar-refractivity contribution in [1.82, 2.24) is 15.2 Å². The van der Waals surface area contributed by atoms with Gasteiger partial charge >= 0.3 is 12.1 Å². The highest BCUT2D eigenvalue weighted by Gasteiger charge is 2.35. The third-order valence-electron chi connectivity index (χ3n) is 5.11. The zero-order valence-corrected chi connectivity index (χ0v) is 18.5. The number of rotatable bonds is 6. The Hall–Kier alpha value is -3.21. The van der Waals surface area contributed by atoms with E-state index in [0.717, 1.165) is 6.07 Å². The molecule has 3 heterocycles. The first-order valence-electron chi connectivity index (χ1n) is 10.4. The van der Waals surface area contributed by atoms with Crippen molar-refractivity contribution in [2.45, 2.75) is 32.0 Å². The Bertz CT molecular complexity index is 1110. The summed E-state index contributed by atoms with van der Waals surface area (Å²) in [4.78, 5) is 18.1. The van der Waals surface area contributed by atoms with Gasteiger partial charge < -0.3 is 14.4 Å². The number of carbonyl (C=O) groups is 1. The Kier molecular flexibility index (Phi) is 6.77. The summed E-state index contributed by atoms with van der Waals surface area (Å²) in [7, 11) is 0. The zero-order chi connectivity index (χ0) is 23.4. The lowest BCUT2D eigenvalue weighted by Gasteiger charge is -2.32. The molecule has 0 N–H and O–H groups in total. The first-order chi connectivity index (χ1) is 15.8. The summed E-state index contributed by atoms with van der Waals surface area (Å²) >= 11 is 1.36. The quantitative estimate of drug-likeness (QED) is 0.469. The topological polar surface area (TPSA) is 77.4 Å². The molecule has 1 aliphatic heterocycles. The maximum Gasteiger partial charge on any atom is 0.419 e. The molecule has 1 aliphatic rings. The second-order valence-corrected chi connectivity index (χ2v) is 8.33. The predicted octanol–water partition coefficient (Wildman–Crippen LogP) is 4.84. The third kappa shape index (κ3) is 5.41. The molecule has 3 aromatic rings. The molecule has 0 spiro atoms. The largest absolute Gasteiger partial charge is 0.490 e. The molecule has 11 heteroatoms. The number of hydrogen-bond acceptors (Lipinski definition) is 8. The number of pyridine rings is 1. The summed E-state index contributed by atoms with van der Waals surface area (Å²) in [6, 6.07) is 6.93. The van der Waals surface area contributed by atoms with Gasteiger partial charge in [0.2, 0.25) is 5.13 Å². The van der Waals surface area contributed by atoms with Crippen molar-refractivity contribution in [1.29, 1.82) is 0 Å². The van der Waals surface area contributed by atoms with E-state index in [0.29, 0.717) is 47.2 Å². The summed E-state index contributed by atoms with van der Waals surface area (Å²) < 4.78 is 50.3. The number of ether oxygens (including phenoxy) is 2. The molecule has 4 rings (SSSR count). The average Bonchev–Trinajstić information content (AvgIpc) is 3.30. The number of hydrogen-bond donors (Lipinski definition) is 0. The lowest BCUT2D eigenvalue weighted by Crippen LogP contribution is -2.38. The van der Waals surface area contributed by atoms with Crippen LogP contribution in [-0.4, -0.2) is 47.0 Å². The van der Waals surface area contributed by atoms with E-state index < -0.39 is 17.7 Å². The van der Waals surface area contributed by atoms with E-state index in [9.17, 15) is 18.0 Å². The second kappa shape index (κ2) is 9.74. The monoisotopic (exact) mass is 478 g/mol. The van der Waals surface area contributed by atoms with Crippen LogP contribution in [0.1, 0.15) is 35.7 Å². The summed E-state index contributed by atoms with van der Waals surface area (Å²) in [5, 5.41) is 9.76. The minimum Gasteiger partial charge on any atom is -0.490 e. The summed E-state index contributed by atoms with van der Waals surface area (Å²) in [6.07, 6.45) is -0.625. The second-order valence-electron chi connectivity index (χ2n) is 7.37. The molecule has 2 aromatic heterocycles. The van der Waals surface area contributed by atoms with Gasteiger partial charge in [-0.05, 0) is 25.1 Å². The van der Waals surface area contributed by atoms with E-state index in [1.807, 2.05) is 4.90 Å². The van der Waals surface area contributed by atoms with Gasteiger partial charge in [-0.3, -0.25) is 4.98 Å². The summed E-state index contributed by atoms with van der Waals surface area (Å²) in [6.45, 7) is 3.16. The molecule has 0 radical (unpaired) electrons. The van der Waals surface area contributed by atoms with Gasteiger partial charge in [0, 0.05) is 43.9 Å². The highest BCUT2D eigenvalue weighted by atomic mass is 32.1. The molecule has 0 bridgehead atoms. The number of piperidine rings is 1. The van der Waals surface area contributed by atoms with Crippen LogP contribution < -0.4 is 9.64 Å². The number of para-hydroxylation sites is 1. The fourth-order valence-electron chi connectivity index (χ4n) is 3.49. The van der Waals surface area contributed by atoms with Crippen LogP contribution in [0.4, 0.5) is 18.3 Å². The van der Waals surface area contributed by atoms with Crippen LogP contribution in [0.15, 0.2) is 42.7 Å². The van der Waals surface area contributed by atoms with E-state index >= 15 is 0 Å². The molecule has 0 aliphatic carbocycles. The number of alkyl halides is 3. The maximum atomic E-state index is 13.2. The van der Waals surface area contributed by atoms with E-state index in [4.69, 9.17) is 9.47 Å². The molecule has 0 unspecified atom stereocenters. The zero-order valence-electron chi connectivity index (χ0n) is 17.7. The smallest absolute Gasteiger partial charge is 0.419 e. The number of benzene rings is 1. The first-order valence-corrected chi connectivity index (χ1v) is 11.2. The fraction of sp³-hybridized carbons (Fsp3) is 0.364. The lowest BCUT2D eigenvalue weighted by molar-refractivity contribution is -0.139. The molecule has 7 nitrogen and oxygen atoms in total. The Morgan fingerprint density at radius 3 is 2.67 bits per heavy atom. The lowest BCUT2D eigenvalue weighted by atomic mass is 10.1. The molecule has 1 saturated heterocycles. The van der Waals surface area contributed by atoms with Crippen LogP contribution in [0.25, 0.3) is 10.6 Å². The Labute approximate surface area is 192 Å². The Balaban J connectivity index is 1.39. The van der Waals surface area contributed by atoms with Crippen LogP contribution >= 0.6 is 11.3 Å². The number of carbonyl (C=O) groups excluding carboxylic acids is 1. The Morgan fingerprint density at radius 1 is 1.18 bits per heavy atom. The van der Waals surface area contributed by atoms with Crippen molar-refractivity contribution in [3.05, 3.63) is 53.9 Å². The third-order valence-corrected chi connectivity index (χ3v) is 6.14. The Morgan fingerprint density at radius 2 is 1.94 bits per heavy atom. The number of aromatic nitrogens is 3. The fourth-order valence-corrected chi connectivity index (χ4v) is 4.37. The van der Waals surface area contributed by atoms with Gasteiger partial charge in [0.05, 0.1) is 17.7 Å². The molecule has 174 valence electrons. The molecular weight excluding hydrogens is 457 g/mol. The highest BCUT2D eigenvalue weighted by Crippen LogP contribution is 2.37. The highest BCUT2D eigenvalue weighted by molar-refractivity contribution is 7.18. The van der Waals surface area contributed by atoms with Gasteiger partial charge in [-0.15, -0.1) is 10.2 Å². The van der Waals surface area contributed by atoms with Crippen molar-refractivity contribution in [3.8, 4) is 16.3 Å². The molecule has 0 saturated carbocycles. The number of nitrogens with zero attached hydrogens (tertiary/aromatic N) is 4. The maximum absolute atomic E-state index is 13.2. The molecule has 1 fully saturated rings. The van der Waals surface area contributed by atoms with E-state index in [1.165, 1.54) is 35.7 Å². The number of anilines is 1. The van der Waals surface area contributed by atoms with Crippen LogP contribution in [-0.2, 0) is 10.9 Å². The molecule has 0 atom stereocenters. The van der Waals surface area contributed by atoms with Crippen molar-refractivity contribution in [2.24, 2.45) is 0 Å². The average molecular weight is 478 g/mol. The van der Waals surface area contributed by atoms with Crippen molar-refractivity contribution in [3.63, 3.8) is 0 Å². The van der Waals surface area contributed by atoms with E-state index in [2.05, 4.69) is 15.2 Å². The molecule has 1 aromatic carbocycles. The molecule has 33 heavy (non-hydrogen) atoms. The van der Waals surface area contributed by atoms with Gasteiger partial charge in [0.15, 0.2) is 5.01 Å². The van der Waals surface area contributed by atoms with Crippen LogP contribution in [0.5, 0.6) is 5.75 Å². The van der Waals surface area contributed by atoms with Gasteiger partial charge in [-0.2, -0.15) is 13.2 Å². The normalized spacial score (nSPS) is 14.8. The van der Waals surface area contributed by atoms with E-state index in [1.54, 1.807) is 19.2 Å². The summed E-state index contributed by atoms with van der Waals surface area (Å²) in [5.74, 6) is -0.596. The summed E-state index contributed by atoms with van der Waals surface area (Å²) in [5.41, 5.74) is 0.231. The van der Waals surface area contributed by atoms with E-state index in [-0.39, 0.29) is 18.5 Å². The molecule has 0 amide bonds. The van der Waals surface area contributed by atoms with Gasteiger partial charge in [-0.1, -0.05) is 23.5 Å². The SMILES string of the molecule is CCOC(=O)c1cncc(-c2nnc(N3CCC(Oc4ccccc4C(F)(F)F)CC3)s2)c1. The predicted molar refractivity (Wildman–Crippen MR) is 116 cm³/mol. The molecular formula is C22H21F3N4O3S. The number of esters is 1. The number of halogens is 3. The minimum atomic E-state index is -4.46. The van der Waals surface area contributed by atoms with Gasteiger partial charge in [-0.25, -0.2) is 4.79 Å². The van der Waals surface area contributed by atoms with Crippen LogP contribution in [0, 0.1) is 0 Å². The van der Waals surface area contributed by atoms with Crippen LogP contribution in [0.3, 0.4) is 0 Å². The van der Waals surface area contributed by atoms with Gasteiger partial charge in [0.1, 0.15) is 11.9 Å². The van der Waals surface area contributed by atoms with Gasteiger partial charge in [0.25, 0.3) is 0 Å².